The van der Waals surface area contributed by atoms with Crippen LogP contribution in [0.3, 0.4) is 0 Å². The van der Waals surface area contributed by atoms with Crippen LogP contribution in [0.15, 0.2) is 46.3 Å². The highest BCUT2D eigenvalue weighted by Gasteiger charge is 2.31. The lowest BCUT2D eigenvalue weighted by Gasteiger charge is -2.24. The molecule has 0 unspecified atom stereocenters. The molecule has 6 rings (SSSR count). The van der Waals surface area contributed by atoms with E-state index < -0.39 is 21.3 Å². The van der Waals surface area contributed by atoms with Crippen molar-refractivity contribution >= 4 is 43.6 Å². The van der Waals surface area contributed by atoms with Gasteiger partial charge in [0, 0.05) is 28.6 Å². The van der Waals surface area contributed by atoms with E-state index in [4.69, 9.17) is 14.5 Å². The first-order chi connectivity index (χ1) is 18.3. The van der Waals surface area contributed by atoms with Gasteiger partial charge in [0.2, 0.25) is 5.91 Å². The van der Waals surface area contributed by atoms with Crippen LogP contribution < -0.4 is 4.57 Å². The highest BCUT2D eigenvalue weighted by atomic mass is 32.1. The van der Waals surface area contributed by atoms with E-state index in [0.717, 1.165) is 68.8 Å². The van der Waals surface area contributed by atoms with E-state index in [1.165, 1.54) is 6.07 Å². The monoisotopic (exact) mass is 549 g/mol. The van der Waals surface area contributed by atoms with Gasteiger partial charge in [-0.2, -0.15) is 0 Å². The summed E-state index contributed by atoms with van der Waals surface area (Å²) in [7, 11) is -1.34. The summed E-state index contributed by atoms with van der Waals surface area (Å²) in [6, 6.07) is 9.80. The second-order valence-electron chi connectivity index (χ2n) is 9.67. The predicted molar refractivity (Wildman–Crippen MR) is 145 cm³/mol. The van der Waals surface area contributed by atoms with Crippen molar-refractivity contribution in [2.24, 2.45) is 0 Å². The number of amides is 1. The van der Waals surface area contributed by atoms with Gasteiger partial charge in [0.05, 0.1) is 22.4 Å². The third kappa shape index (κ3) is 4.25. The first-order valence-electron chi connectivity index (χ1n) is 12.4. The highest BCUT2D eigenvalue weighted by molar-refractivity contribution is 7.12. The van der Waals surface area contributed by atoms with Crippen LogP contribution in [0.1, 0.15) is 47.8 Å². The van der Waals surface area contributed by atoms with Gasteiger partial charge in [0.15, 0.2) is 16.8 Å². The van der Waals surface area contributed by atoms with Crippen molar-refractivity contribution < 1.29 is 18.1 Å². The van der Waals surface area contributed by atoms with Crippen molar-refractivity contribution in [2.75, 3.05) is 4.57 Å². The van der Waals surface area contributed by atoms with Crippen molar-refractivity contribution in [3.05, 3.63) is 76.4 Å². The second kappa shape index (κ2) is 9.55. The van der Waals surface area contributed by atoms with Crippen LogP contribution in [0.25, 0.3) is 27.3 Å². The minimum Gasteiger partial charge on any atom is -0.361 e. The summed E-state index contributed by atoms with van der Waals surface area (Å²) < 4.78 is 36.9. The van der Waals surface area contributed by atoms with Crippen molar-refractivity contribution in [1.82, 2.24) is 19.7 Å². The zero-order valence-corrected chi connectivity index (χ0v) is 23.4. The Labute approximate surface area is 224 Å². The molecule has 0 bridgehead atoms. The van der Waals surface area contributed by atoms with E-state index in [0.29, 0.717) is 18.5 Å². The Morgan fingerprint density at radius 3 is 2.63 bits per heavy atom. The number of carbonyl (C=O) groups excluding carboxylic acids is 1. The first kappa shape index (κ1) is 24.6. The van der Waals surface area contributed by atoms with E-state index in [-0.39, 0.29) is 11.4 Å². The first-order valence-corrected chi connectivity index (χ1v) is 14.8. The van der Waals surface area contributed by atoms with Gasteiger partial charge in [-0.15, -0.1) is 11.3 Å². The molecule has 0 spiro atoms. The molecule has 0 radical (unpaired) electrons. The Kier molecular flexibility index (Phi) is 6.19. The second-order valence-corrected chi connectivity index (χ2v) is 12.5. The molecular formula is C27H25F2N5O2SSi. The minimum absolute atomic E-state index is 0.00585. The van der Waals surface area contributed by atoms with Gasteiger partial charge in [-0.3, -0.25) is 9.36 Å². The molecule has 1 saturated heterocycles. The number of aryl methyl sites for hydroxylation is 3. The number of hydrogen-bond acceptors (Lipinski definition) is 6. The number of nitrogens with zero attached hydrogens (tertiary/aromatic N) is 5. The Bertz CT molecular complexity index is 1670. The molecular weight excluding hydrogens is 524 g/mol. The quantitative estimate of drug-likeness (QED) is 0.270. The van der Waals surface area contributed by atoms with Gasteiger partial charge in [-0.05, 0) is 69.5 Å². The Morgan fingerprint density at radius 1 is 1.08 bits per heavy atom. The number of rotatable bonds is 4. The number of fused-ring (bicyclic) bond motifs is 1. The molecule has 0 N–H and O–H groups in total. The van der Waals surface area contributed by atoms with Crippen LogP contribution in [0.2, 0.25) is 0 Å². The van der Waals surface area contributed by atoms with Crippen LogP contribution in [0.5, 0.6) is 0 Å². The van der Waals surface area contributed by atoms with Crippen molar-refractivity contribution in [3.63, 3.8) is 0 Å². The third-order valence-corrected chi connectivity index (χ3v) is 10.3. The van der Waals surface area contributed by atoms with Gasteiger partial charge in [-0.25, -0.2) is 18.7 Å². The lowest BCUT2D eigenvalue weighted by molar-refractivity contribution is -0.117. The van der Waals surface area contributed by atoms with Crippen molar-refractivity contribution in [3.8, 4) is 16.3 Å². The number of aromatic nitrogens is 4. The molecule has 7 nitrogen and oxygen atoms in total. The van der Waals surface area contributed by atoms with E-state index in [2.05, 4.69) is 9.72 Å². The maximum Gasteiger partial charge on any atom is 0.218 e. The molecule has 3 aromatic heterocycles. The summed E-state index contributed by atoms with van der Waals surface area (Å²) in [5.41, 5.74) is 5.79. The van der Waals surface area contributed by atoms with Gasteiger partial charge in [0.25, 0.3) is 0 Å². The highest BCUT2D eigenvalue weighted by Crippen LogP contribution is 2.36. The number of thiazole rings is 1. The zero-order valence-electron chi connectivity index (χ0n) is 21.2. The SMILES string of the molecule is Cc1csc(-n2c([C@@H]3CCCC(=O)N(c4ccc(F)c(F)c4)[SiH2]3)nc3cc(-c4c(C)noc4C)ccc32)n1. The molecule has 1 amide bonds. The lowest BCUT2D eigenvalue weighted by Crippen LogP contribution is -2.36. The summed E-state index contributed by atoms with van der Waals surface area (Å²) in [5.74, 6) is -0.349. The molecule has 11 heteroatoms. The molecule has 0 saturated carbocycles. The van der Waals surface area contributed by atoms with Crippen molar-refractivity contribution in [2.45, 2.75) is 45.6 Å². The average Bonchev–Trinajstić information content (AvgIpc) is 3.54. The summed E-state index contributed by atoms with van der Waals surface area (Å²) in [6.07, 6.45) is 1.83. The average molecular weight is 550 g/mol. The summed E-state index contributed by atoms with van der Waals surface area (Å²) in [5, 5.41) is 6.91. The Hall–Kier alpha value is -3.70. The summed E-state index contributed by atoms with van der Waals surface area (Å²) >= 11 is 1.54. The van der Waals surface area contributed by atoms with E-state index in [1.54, 1.807) is 15.9 Å². The maximum atomic E-state index is 14.1. The summed E-state index contributed by atoms with van der Waals surface area (Å²) in [6.45, 7) is 5.76. The largest absolute Gasteiger partial charge is 0.361 e. The predicted octanol–water partition coefficient (Wildman–Crippen LogP) is 5.68. The molecule has 194 valence electrons. The number of benzene rings is 2. The normalized spacial score (nSPS) is 17.0. The number of hydrogen-bond donors (Lipinski definition) is 0. The van der Waals surface area contributed by atoms with Crippen LogP contribution in [0, 0.1) is 32.4 Å². The van der Waals surface area contributed by atoms with Gasteiger partial charge in [-0.1, -0.05) is 11.2 Å². The topological polar surface area (TPSA) is 77.0 Å². The number of anilines is 1. The molecule has 5 aromatic rings. The molecule has 1 aliphatic heterocycles. The maximum absolute atomic E-state index is 14.1. The molecule has 2 aromatic carbocycles. The van der Waals surface area contributed by atoms with Crippen LogP contribution in [-0.2, 0) is 4.79 Å². The van der Waals surface area contributed by atoms with Crippen molar-refractivity contribution in [1.29, 1.82) is 0 Å². The molecule has 38 heavy (non-hydrogen) atoms. The fourth-order valence-corrected chi connectivity index (χ4v) is 8.17. The van der Waals surface area contributed by atoms with Gasteiger partial charge >= 0.3 is 0 Å². The van der Waals surface area contributed by atoms with Crippen LogP contribution in [-0.4, -0.2) is 35.3 Å². The fourth-order valence-electron chi connectivity index (χ4n) is 5.23. The zero-order chi connectivity index (χ0) is 26.6. The number of carbonyl (C=O) groups is 1. The molecule has 4 heterocycles. The molecule has 1 atom stereocenters. The van der Waals surface area contributed by atoms with Gasteiger partial charge < -0.3 is 9.09 Å². The van der Waals surface area contributed by atoms with E-state index in [9.17, 15) is 13.6 Å². The molecule has 1 fully saturated rings. The van der Waals surface area contributed by atoms with E-state index in [1.807, 2.05) is 44.4 Å². The fraction of sp³-hybridized carbons (Fsp3) is 0.259. The summed E-state index contributed by atoms with van der Waals surface area (Å²) in [4.78, 5) is 22.9. The third-order valence-electron chi connectivity index (χ3n) is 7.03. The van der Waals surface area contributed by atoms with Crippen LogP contribution in [0.4, 0.5) is 14.5 Å². The standard InChI is InChI=1S/C27H25F2N5O2SSi/c1-14-13-37-27(30-14)33-22-10-7-17(25-15(2)32-36-16(25)3)11-21(22)31-26(33)23-5-4-6-24(35)34(38-23)18-8-9-19(28)20(29)12-18/h7-13,23H,4-6,38H2,1-3H3/t23-/m0/s1. The molecule has 0 aliphatic carbocycles. The smallest absolute Gasteiger partial charge is 0.218 e. The minimum atomic E-state index is -1.34. The molecule has 1 aliphatic rings. The van der Waals surface area contributed by atoms with Gasteiger partial charge in [0.1, 0.15) is 21.3 Å². The Balaban J connectivity index is 1.48. The number of halogens is 2. The Morgan fingerprint density at radius 2 is 1.92 bits per heavy atom. The van der Waals surface area contributed by atoms with E-state index >= 15 is 0 Å². The van der Waals surface area contributed by atoms with Crippen LogP contribution >= 0.6 is 11.3 Å². The lowest BCUT2D eigenvalue weighted by atomic mass is 10.0. The number of imidazole rings is 1.